The van der Waals surface area contributed by atoms with Crippen molar-refractivity contribution in [3.05, 3.63) is 52.9 Å². The second kappa shape index (κ2) is 6.91. The molecule has 0 N–H and O–H groups in total. The third kappa shape index (κ3) is 3.35. The first-order valence-electron chi connectivity index (χ1n) is 8.11. The van der Waals surface area contributed by atoms with Gasteiger partial charge >= 0.3 is 0 Å². The number of hydrogen-bond donors (Lipinski definition) is 0. The summed E-state index contributed by atoms with van der Waals surface area (Å²) in [6.07, 6.45) is 3.35. The van der Waals surface area contributed by atoms with E-state index in [1.807, 2.05) is 30.9 Å². The van der Waals surface area contributed by atoms with Crippen LogP contribution in [0.4, 0.5) is 0 Å². The summed E-state index contributed by atoms with van der Waals surface area (Å²) in [5.74, 6) is 1.70. The molecule has 2 aromatic rings. The zero-order chi connectivity index (χ0) is 17.1. The van der Waals surface area contributed by atoms with E-state index in [9.17, 15) is 4.79 Å². The van der Waals surface area contributed by atoms with Gasteiger partial charge in [-0.05, 0) is 43.5 Å². The highest BCUT2D eigenvalue weighted by Gasteiger charge is 2.21. The molecule has 5 heteroatoms. The van der Waals surface area contributed by atoms with Gasteiger partial charge in [-0.25, -0.2) is 0 Å². The monoisotopic (exact) mass is 326 g/mol. The van der Waals surface area contributed by atoms with E-state index < -0.39 is 0 Å². The van der Waals surface area contributed by atoms with Crippen LogP contribution in [0.15, 0.2) is 34.9 Å². The van der Waals surface area contributed by atoms with Gasteiger partial charge in [0.15, 0.2) is 0 Å². The molecule has 0 saturated carbocycles. The van der Waals surface area contributed by atoms with E-state index in [0.717, 1.165) is 35.7 Å². The third-order valence-corrected chi connectivity index (χ3v) is 4.53. The summed E-state index contributed by atoms with van der Waals surface area (Å²) in [7, 11) is 1.66. The first kappa shape index (κ1) is 16.3. The van der Waals surface area contributed by atoms with Crippen LogP contribution in [0.2, 0.25) is 0 Å². The van der Waals surface area contributed by atoms with Crippen molar-refractivity contribution in [3.8, 4) is 5.75 Å². The number of nitrogens with zero attached hydrogens (tertiary/aromatic N) is 2. The fourth-order valence-corrected chi connectivity index (χ4v) is 2.98. The normalized spacial score (nSPS) is 14.5. The Balaban J connectivity index is 1.64. The number of amides is 1. The Bertz CT molecular complexity index is 740. The first-order chi connectivity index (χ1) is 11.6. The van der Waals surface area contributed by atoms with E-state index in [4.69, 9.17) is 9.26 Å². The number of methoxy groups -OCH3 is 1. The fourth-order valence-electron chi connectivity index (χ4n) is 2.98. The fraction of sp³-hybridized carbons (Fsp3) is 0.368. The zero-order valence-electron chi connectivity index (χ0n) is 14.3. The standard InChI is InChI=1S/C19H22N2O3/c1-13-18(14(2)24-20-13)12-19(22)21-10-8-16(9-11-21)15-4-6-17(23-3)7-5-15/h4-8H,9-12H2,1-3H3. The van der Waals surface area contributed by atoms with Gasteiger partial charge in [0, 0.05) is 18.7 Å². The molecule has 3 rings (SSSR count). The maximum absolute atomic E-state index is 12.5. The summed E-state index contributed by atoms with van der Waals surface area (Å²) in [6.45, 7) is 5.10. The molecule has 1 amide bonds. The lowest BCUT2D eigenvalue weighted by Crippen LogP contribution is -2.35. The molecule has 0 bridgehead atoms. The maximum Gasteiger partial charge on any atom is 0.227 e. The average molecular weight is 326 g/mol. The molecule has 1 aliphatic rings. The Hall–Kier alpha value is -2.56. The molecule has 5 nitrogen and oxygen atoms in total. The Morgan fingerprint density at radius 3 is 2.58 bits per heavy atom. The lowest BCUT2D eigenvalue weighted by molar-refractivity contribution is -0.130. The highest BCUT2D eigenvalue weighted by Crippen LogP contribution is 2.25. The largest absolute Gasteiger partial charge is 0.497 e. The van der Waals surface area contributed by atoms with E-state index in [1.54, 1.807) is 7.11 Å². The Kier molecular flexibility index (Phi) is 4.69. The molecule has 24 heavy (non-hydrogen) atoms. The number of hydrogen-bond acceptors (Lipinski definition) is 4. The molecule has 0 aliphatic carbocycles. The quantitative estimate of drug-likeness (QED) is 0.866. The Morgan fingerprint density at radius 2 is 2.04 bits per heavy atom. The zero-order valence-corrected chi connectivity index (χ0v) is 14.3. The number of aryl methyl sites for hydroxylation is 2. The number of aromatic nitrogens is 1. The summed E-state index contributed by atoms with van der Waals surface area (Å²) in [5, 5.41) is 3.91. The van der Waals surface area contributed by atoms with Gasteiger partial charge in [0.05, 0.1) is 19.2 Å². The summed E-state index contributed by atoms with van der Waals surface area (Å²) in [4.78, 5) is 14.4. The summed E-state index contributed by atoms with van der Waals surface area (Å²) < 4.78 is 10.3. The molecule has 2 heterocycles. The summed E-state index contributed by atoms with van der Waals surface area (Å²) in [6, 6.07) is 8.05. The van der Waals surface area contributed by atoms with Gasteiger partial charge < -0.3 is 14.2 Å². The number of carbonyl (C=O) groups is 1. The highest BCUT2D eigenvalue weighted by molar-refractivity contribution is 5.80. The smallest absolute Gasteiger partial charge is 0.227 e. The first-order valence-corrected chi connectivity index (χ1v) is 8.11. The minimum Gasteiger partial charge on any atom is -0.497 e. The van der Waals surface area contributed by atoms with Crippen LogP contribution in [0.3, 0.4) is 0 Å². The van der Waals surface area contributed by atoms with Crippen molar-refractivity contribution in [3.63, 3.8) is 0 Å². The molecule has 0 spiro atoms. The molecule has 1 aromatic heterocycles. The minimum absolute atomic E-state index is 0.120. The van der Waals surface area contributed by atoms with Crippen molar-refractivity contribution >= 4 is 11.5 Å². The third-order valence-electron chi connectivity index (χ3n) is 4.53. The van der Waals surface area contributed by atoms with Gasteiger partial charge in [-0.15, -0.1) is 0 Å². The molecule has 0 fully saturated rings. The number of ether oxygens (including phenoxy) is 1. The van der Waals surface area contributed by atoms with E-state index in [0.29, 0.717) is 13.0 Å². The summed E-state index contributed by atoms with van der Waals surface area (Å²) >= 11 is 0. The average Bonchev–Trinajstić information content (AvgIpc) is 2.94. The molecular formula is C19H22N2O3. The van der Waals surface area contributed by atoms with E-state index in [-0.39, 0.29) is 5.91 Å². The molecule has 0 radical (unpaired) electrons. The van der Waals surface area contributed by atoms with Crippen LogP contribution >= 0.6 is 0 Å². The second-order valence-corrected chi connectivity index (χ2v) is 6.03. The summed E-state index contributed by atoms with van der Waals surface area (Å²) in [5.41, 5.74) is 4.17. The minimum atomic E-state index is 0.120. The SMILES string of the molecule is COc1ccc(C2=CCN(C(=O)Cc3c(C)noc3C)CC2)cc1. The number of rotatable bonds is 4. The van der Waals surface area contributed by atoms with Crippen LogP contribution in [0, 0.1) is 13.8 Å². The Labute approximate surface area is 141 Å². The van der Waals surface area contributed by atoms with E-state index in [1.165, 1.54) is 11.1 Å². The van der Waals surface area contributed by atoms with Gasteiger partial charge in [-0.2, -0.15) is 0 Å². The topological polar surface area (TPSA) is 55.6 Å². The predicted octanol–water partition coefficient (Wildman–Crippen LogP) is 3.16. The lowest BCUT2D eigenvalue weighted by Gasteiger charge is -2.27. The molecule has 0 saturated heterocycles. The van der Waals surface area contributed by atoms with Gasteiger partial charge in [0.2, 0.25) is 5.91 Å². The maximum atomic E-state index is 12.5. The van der Waals surface area contributed by atoms with Crippen LogP contribution in [0.1, 0.15) is 29.0 Å². The van der Waals surface area contributed by atoms with Crippen molar-refractivity contribution in [2.75, 3.05) is 20.2 Å². The van der Waals surface area contributed by atoms with Crippen LogP contribution in [-0.2, 0) is 11.2 Å². The van der Waals surface area contributed by atoms with Crippen LogP contribution in [0.25, 0.3) is 5.57 Å². The second-order valence-electron chi connectivity index (χ2n) is 6.03. The van der Waals surface area contributed by atoms with Crippen molar-refractivity contribution in [2.45, 2.75) is 26.7 Å². The Morgan fingerprint density at radius 1 is 1.29 bits per heavy atom. The number of carbonyl (C=O) groups excluding carboxylic acids is 1. The lowest BCUT2D eigenvalue weighted by atomic mass is 9.99. The predicted molar refractivity (Wildman–Crippen MR) is 91.8 cm³/mol. The number of benzene rings is 1. The highest BCUT2D eigenvalue weighted by atomic mass is 16.5. The van der Waals surface area contributed by atoms with E-state index in [2.05, 4.69) is 23.4 Å². The molecular weight excluding hydrogens is 304 g/mol. The molecule has 0 unspecified atom stereocenters. The van der Waals surface area contributed by atoms with Crippen molar-refractivity contribution in [1.82, 2.24) is 10.1 Å². The molecule has 1 aromatic carbocycles. The molecule has 0 atom stereocenters. The van der Waals surface area contributed by atoms with Crippen molar-refractivity contribution in [1.29, 1.82) is 0 Å². The van der Waals surface area contributed by atoms with Crippen LogP contribution in [-0.4, -0.2) is 36.2 Å². The van der Waals surface area contributed by atoms with Gasteiger partial charge in [0.25, 0.3) is 0 Å². The molecule has 126 valence electrons. The van der Waals surface area contributed by atoms with Crippen molar-refractivity contribution in [2.24, 2.45) is 0 Å². The van der Waals surface area contributed by atoms with Crippen LogP contribution in [0.5, 0.6) is 5.75 Å². The van der Waals surface area contributed by atoms with Gasteiger partial charge in [-0.3, -0.25) is 4.79 Å². The molecule has 1 aliphatic heterocycles. The van der Waals surface area contributed by atoms with Crippen LogP contribution < -0.4 is 4.74 Å². The van der Waals surface area contributed by atoms with Gasteiger partial charge in [-0.1, -0.05) is 23.4 Å². The van der Waals surface area contributed by atoms with Crippen molar-refractivity contribution < 1.29 is 14.1 Å². The van der Waals surface area contributed by atoms with Gasteiger partial charge in [0.1, 0.15) is 11.5 Å². The van der Waals surface area contributed by atoms with E-state index >= 15 is 0 Å².